The Morgan fingerprint density at radius 3 is 2.21 bits per heavy atom. The van der Waals surface area contributed by atoms with E-state index >= 15 is 0 Å². The van der Waals surface area contributed by atoms with Gasteiger partial charge in [-0.15, -0.1) is 0 Å². The third-order valence-electron chi connectivity index (χ3n) is 3.33. The number of rotatable bonds is 7. The van der Waals surface area contributed by atoms with Crippen molar-refractivity contribution in [3.63, 3.8) is 0 Å². The molecule has 1 aromatic rings. The van der Waals surface area contributed by atoms with Crippen LogP contribution in [0.1, 0.15) is 25.0 Å². The molecular formula is C15H26N2O2. The van der Waals surface area contributed by atoms with Crippen LogP contribution in [0, 0.1) is 6.92 Å². The van der Waals surface area contributed by atoms with E-state index in [1.54, 1.807) is 14.2 Å². The summed E-state index contributed by atoms with van der Waals surface area (Å²) in [6.07, 6.45) is 0. The van der Waals surface area contributed by atoms with Gasteiger partial charge in [-0.3, -0.25) is 0 Å². The van der Waals surface area contributed by atoms with Crippen molar-refractivity contribution in [1.82, 2.24) is 10.6 Å². The third kappa shape index (κ3) is 3.85. The molecule has 0 atom stereocenters. The molecular weight excluding hydrogens is 240 g/mol. The van der Waals surface area contributed by atoms with Crippen molar-refractivity contribution >= 4 is 0 Å². The standard InChI is InChI=1S/C15H26N2O2/c1-11-7-13(18-5)14(19-6)8-12(11)15(2,3)9-17-10-16-4/h7-8,16-17H,9-10H2,1-6H3. The molecule has 2 N–H and O–H groups in total. The van der Waals surface area contributed by atoms with E-state index in [0.717, 1.165) is 24.7 Å². The minimum absolute atomic E-state index is 0.0283. The van der Waals surface area contributed by atoms with Crippen LogP contribution in [0.15, 0.2) is 12.1 Å². The molecule has 4 nitrogen and oxygen atoms in total. The number of methoxy groups -OCH3 is 2. The van der Waals surface area contributed by atoms with Gasteiger partial charge in [-0.1, -0.05) is 13.8 Å². The first-order valence-electron chi connectivity index (χ1n) is 6.54. The molecule has 0 aromatic heterocycles. The SMILES string of the molecule is CNCNCC(C)(C)c1cc(OC)c(OC)cc1C. The van der Waals surface area contributed by atoms with Crippen molar-refractivity contribution in [2.75, 3.05) is 34.5 Å². The van der Waals surface area contributed by atoms with Crippen molar-refractivity contribution < 1.29 is 9.47 Å². The normalized spacial score (nSPS) is 11.5. The smallest absolute Gasteiger partial charge is 0.161 e. The molecule has 0 bridgehead atoms. The first-order chi connectivity index (χ1) is 8.96. The number of nitrogens with one attached hydrogen (secondary N) is 2. The summed E-state index contributed by atoms with van der Waals surface area (Å²) in [7, 11) is 5.27. The summed E-state index contributed by atoms with van der Waals surface area (Å²) in [4.78, 5) is 0. The van der Waals surface area contributed by atoms with Crippen LogP contribution in [0.3, 0.4) is 0 Å². The van der Waals surface area contributed by atoms with Crippen molar-refractivity contribution in [3.8, 4) is 11.5 Å². The Bertz CT molecular complexity index is 417. The van der Waals surface area contributed by atoms with Gasteiger partial charge in [0.15, 0.2) is 11.5 Å². The van der Waals surface area contributed by atoms with E-state index in [4.69, 9.17) is 9.47 Å². The summed E-state index contributed by atoms with van der Waals surface area (Å²) in [5, 5.41) is 6.48. The second-order valence-electron chi connectivity index (χ2n) is 5.36. The minimum atomic E-state index is 0.0283. The van der Waals surface area contributed by atoms with E-state index in [-0.39, 0.29) is 5.41 Å². The van der Waals surface area contributed by atoms with E-state index in [1.165, 1.54) is 11.1 Å². The van der Waals surface area contributed by atoms with Gasteiger partial charge in [0.2, 0.25) is 0 Å². The zero-order valence-electron chi connectivity index (χ0n) is 12.9. The topological polar surface area (TPSA) is 42.5 Å². The van der Waals surface area contributed by atoms with Crippen LogP contribution in [0.5, 0.6) is 11.5 Å². The summed E-state index contributed by atoms with van der Waals surface area (Å²) in [6, 6.07) is 4.11. The minimum Gasteiger partial charge on any atom is -0.493 e. The van der Waals surface area contributed by atoms with E-state index < -0.39 is 0 Å². The molecule has 19 heavy (non-hydrogen) atoms. The fourth-order valence-electron chi connectivity index (χ4n) is 2.30. The average Bonchev–Trinajstić information content (AvgIpc) is 2.38. The molecule has 0 amide bonds. The van der Waals surface area contributed by atoms with Gasteiger partial charge in [-0.2, -0.15) is 0 Å². The van der Waals surface area contributed by atoms with Crippen LogP contribution in [-0.2, 0) is 5.41 Å². The first kappa shape index (κ1) is 15.8. The average molecular weight is 266 g/mol. The lowest BCUT2D eigenvalue weighted by molar-refractivity contribution is 0.352. The van der Waals surface area contributed by atoms with E-state index in [2.05, 4.69) is 37.5 Å². The van der Waals surface area contributed by atoms with Gasteiger partial charge in [0.25, 0.3) is 0 Å². The van der Waals surface area contributed by atoms with Gasteiger partial charge in [0.1, 0.15) is 0 Å². The first-order valence-corrected chi connectivity index (χ1v) is 6.54. The molecule has 0 aliphatic carbocycles. The highest BCUT2D eigenvalue weighted by molar-refractivity contribution is 5.49. The van der Waals surface area contributed by atoms with E-state index in [9.17, 15) is 0 Å². The zero-order valence-corrected chi connectivity index (χ0v) is 12.9. The quantitative estimate of drug-likeness (QED) is 0.585. The summed E-state index contributed by atoms with van der Waals surface area (Å²) in [5.41, 5.74) is 2.52. The fraction of sp³-hybridized carbons (Fsp3) is 0.600. The summed E-state index contributed by atoms with van der Waals surface area (Å²) < 4.78 is 10.7. The highest BCUT2D eigenvalue weighted by atomic mass is 16.5. The molecule has 0 spiro atoms. The second kappa shape index (κ2) is 6.78. The maximum atomic E-state index is 5.39. The number of aryl methyl sites for hydroxylation is 1. The molecule has 1 rings (SSSR count). The van der Waals surface area contributed by atoms with Crippen molar-refractivity contribution in [3.05, 3.63) is 23.3 Å². The zero-order chi connectivity index (χ0) is 14.5. The molecule has 1 aromatic carbocycles. The Labute approximate surface area is 116 Å². The highest BCUT2D eigenvalue weighted by Crippen LogP contribution is 2.35. The van der Waals surface area contributed by atoms with Crippen molar-refractivity contribution in [2.45, 2.75) is 26.2 Å². The van der Waals surface area contributed by atoms with Crippen LogP contribution in [0.4, 0.5) is 0 Å². The maximum absolute atomic E-state index is 5.39. The third-order valence-corrected chi connectivity index (χ3v) is 3.33. The predicted molar refractivity (Wildman–Crippen MR) is 79.2 cm³/mol. The Hall–Kier alpha value is -1.26. The lowest BCUT2D eigenvalue weighted by Crippen LogP contribution is -2.37. The molecule has 0 aliphatic heterocycles. The lowest BCUT2D eigenvalue weighted by atomic mass is 9.81. The van der Waals surface area contributed by atoms with Gasteiger partial charge < -0.3 is 20.1 Å². The highest BCUT2D eigenvalue weighted by Gasteiger charge is 2.24. The summed E-state index contributed by atoms with van der Waals surface area (Å²) >= 11 is 0. The number of benzene rings is 1. The van der Waals surface area contributed by atoms with Crippen LogP contribution in [0.25, 0.3) is 0 Å². The van der Waals surface area contributed by atoms with Crippen molar-refractivity contribution in [1.29, 1.82) is 0 Å². The number of hydrogen-bond donors (Lipinski definition) is 2. The largest absolute Gasteiger partial charge is 0.493 e. The molecule has 0 unspecified atom stereocenters. The Kier molecular flexibility index (Phi) is 5.63. The summed E-state index contributed by atoms with van der Waals surface area (Å²) in [5.74, 6) is 1.56. The molecule has 0 fully saturated rings. The molecule has 108 valence electrons. The second-order valence-corrected chi connectivity index (χ2v) is 5.36. The maximum Gasteiger partial charge on any atom is 0.161 e. The van der Waals surface area contributed by atoms with E-state index in [0.29, 0.717) is 0 Å². The van der Waals surface area contributed by atoms with Gasteiger partial charge in [-0.25, -0.2) is 0 Å². The van der Waals surface area contributed by atoms with Crippen LogP contribution in [0.2, 0.25) is 0 Å². The Morgan fingerprint density at radius 2 is 1.68 bits per heavy atom. The van der Waals surface area contributed by atoms with Gasteiger partial charge in [0, 0.05) is 18.6 Å². The van der Waals surface area contributed by atoms with E-state index in [1.807, 2.05) is 13.1 Å². The fourth-order valence-corrected chi connectivity index (χ4v) is 2.30. The van der Waals surface area contributed by atoms with Crippen LogP contribution >= 0.6 is 0 Å². The number of hydrogen-bond acceptors (Lipinski definition) is 4. The molecule has 0 heterocycles. The molecule has 0 aliphatic rings. The lowest BCUT2D eigenvalue weighted by Gasteiger charge is -2.28. The van der Waals surface area contributed by atoms with Crippen LogP contribution in [-0.4, -0.2) is 34.5 Å². The van der Waals surface area contributed by atoms with Crippen LogP contribution < -0.4 is 20.1 Å². The van der Waals surface area contributed by atoms with Gasteiger partial charge in [0.05, 0.1) is 14.2 Å². The predicted octanol–water partition coefficient (Wildman–Crippen LogP) is 2.06. The summed E-state index contributed by atoms with van der Waals surface area (Å²) in [6.45, 7) is 8.25. The Morgan fingerprint density at radius 1 is 1.11 bits per heavy atom. The number of ether oxygens (including phenoxy) is 2. The van der Waals surface area contributed by atoms with Gasteiger partial charge >= 0.3 is 0 Å². The molecule has 0 saturated carbocycles. The van der Waals surface area contributed by atoms with Gasteiger partial charge in [-0.05, 0) is 37.2 Å². The monoisotopic (exact) mass is 266 g/mol. The molecule has 0 saturated heterocycles. The van der Waals surface area contributed by atoms with Crippen molar-refractivity contribution in [2.24, 2.45) is 0 Å². The molecule has 0 radical (unpaired) electrons. The Balaban J connectivity index is 3.04. The molecule has 4 heteroatoms.